The van der Waals surface area contributed by atoms with Crippen molar-refractivity contribution in [2.45, 2.75) is 20.0 Å². The number of benzene rings is 1. The van der Waals surface area contributed by atoms with E-state index in [2.05, 4.69) is 58.1 Å². The second-order valence-electron chi connectivity index (χ2n) is 7.57. The van der Waals surface area contributed by atoms with Crippen molar-refractivity contribution < 1.29 is 4.74 Å². The van der Waals surface area contributed by atoms with Crippen LogP contribution >= 0.6 is 0 Å². The Balaban J connectivity index is 1.62. The minimum atomic E-state index is 0.489. The highest BCUT2D eigenvalue weighted by atomic mass is 16.5. The second-order valence-corrected chi connectivity index (χ2v) is 7.57. The molecule has 2 aromatic rings. The van der Waals surface area contributed by atoms with Gasteiger partial charge in [-0.15, -0.1) is 0 Å². The van der Waals surface area contributed by atoms with Crippen molar-refractivity contribution in [3.8, 4) is 5.75 Å². The number of guanidine groups is 1. The standard InChI is InChI=1S/C24H34N6O/c1-4-16-31-22-9-7-6-8-21(22)19-28-24(25-5-2)27-18-20-10-11-26-23(17-20)30-14-12-29(3)13-15-30/h4,6-11,17H,1,5,12-16,18-19H2,2-3H3,(H2,25,27,28). The summed E-state index contributed by atoms with van der Waals surface area (Å²) in [7, 11) is 2.16. The fourth-order valence-corrected chi connectivity index (χ4v) is 3.40. The van der Waals surface area contributed by atoms with Crippen LogP contribution in [0.25, 0.3) is 0 Å². The molecule has 1 fully saturated rings. The quantitative estimate of drug-likeness (QED) is 0.368. The lowest BCUT2D eigenvalue weighted by molar-refractivity contribution is 0.312. The molecule has 0 bridgehead atoms. The van der Waals surface area contributed by atoms with Gasteiger partial charge in [-0.1, -0.05) is 30.9 Å². The summed E-state index contributed by atoms with van der Waals surface area (Å²) in [6.45, 7) is 12.4. The first-order valence-electron chi connectivity index (χ1n) is 10.9. The van der Waals surface area contributed by atoms with Crippen LogP contribution in [0.5, 0.6) is 5.75 Å². The molecule has 166 valence electrons. The molecule has 31 heavy (non-hydrogen) atoms. The largest absolute Gasteiger partial charge is 0.489 e. The number of piperazine rings is 1. The van der Waals surface area contributed by atoms with E-state index in [1.54, 1.807) is 6.08 Å². The van der Waals surface area contributed by atoms with Crippen LogP contribution in [0.4, 0.5) is 5.82 Å². The molecule has 7 nitrogen and oxygen atoms in total. The highest BCUT2D eigenvalue weighted by Crippen LogP contribution is 2.18. The topological polar surface area (TPSA) is 65.0 Å². The van der Waals surface area contributed by atoms with Crippen LogP contribution in [0.3, 0.4) is 0 Å². The summed E-state index contributed by atoms with van der Waals surface area (Å²) in [5.74, 6) is 2.67. The molecular weight excluding hydrogens is 388 g/mol. The first kappa shape index (κ1) is 22.6. The van der Waals surface area contributed by atoms with Gasteiger partial charge in [0.05, 0.1) is 6.54 Å². The minimum Gasteiger partial charge on any atom is -0.489 e. The van der Waals surface area contributed by atoms with Crippen molar-refractivity contribution in [1.82, 2.24) is 20.5 Å². The van der Waals surface area contributed by atoms with Crippen molar-refractivity contribution in [2.24, 2.45) is 4.99 Å². The van der Waals surface area contributed by atoms with Gasteiger partial charge in [0.1, 0.15) is 18.2 Å². The van der Waals surface area contributed by atoms with E-state index < -0.39 is 0 Å². The van der Waals surface area contributed by atoms with Crippen molar-refractivity contribution in [2.75, 3.05) is 51.3 Å². The zero-order chi connectivity index (χ0) is 21.9. The first-order chi connectivity index (χ1) is 15.2. The van der Waals surface area contributed by atoms with Crippen LogP contribution in [0, 0.1) is 0 Å². The average molecular weight is 423 g/mol. The van der Waals surface area contributed by atoms with Crippen molar-refractivity contribution in [3.63, 3.8) is 0 Å². The number of ether oxygens (including phenoxy) is 1. The summed E-state index contributed by atoms with van der Waals surface area (Å²) in [4.78, 5) is 14.0. The molecular formula is C24H34N6O. The molecule has 0 aliphatic carbocycles. The van der Waals surface area contributed by atoms with Gasteiger partial charge in [-0.25, -0.2) is 9.98 Å². The van der Waals surface area contributed by atoms with Crippen molar-refractivity contribution >= 4 is 11.8 Å². The van der Waals surface area contributed by atoms with E-state index in [-0.39, 0.29) is 0 Å². The van der Waals surface area contributed by atoms with Gasteiger partial charge in [0, 0.05) is 51.0 Å². The molecule has 2 heterocycles. The van der Waals surface area contributed by atoms with E-state index in [1.165, 1.54) is 0 Å². The number of nitrogens with one attached hydrogen (secondary N) is 2. The van der Waals surface area contributed by atoms with Crippen molar-refractivity contribution in [1.29, 1.82) is 0 Å². The molecule has 0 unspecified atom stereocenters. The molecule has 1 aliphatic rings. The molecule has 0 amide bonds. The van der Waals surface area contributed by atoms with Crippen molar-refractivity contribution in [3.05, 3.63) is 66.4 Å². The van der Waals surface area contributed by atoms with Crippen LogP contribution in [0.2, 0.25) is 0 Å². The first-order valence-corrected chi connectivity index (χ1v) is 10.9. The Kier molecular flexibility index (Phi) is 8.72. The van der Waals surface area contributed by atoms with Gasteiger partial charge >= 0.3 is 0 Å². The van der Waals surface area contributed by atoms with Crippen LogP contribution in [-0.4, -0.2) is 62.2 Å². The molecule has 1 aromatic carbocycles. The zero-order valence-corrected chi connectivity index (χ0v) is 18.7. The van der Waals surface area contributed by atoms with E-state index in [4.69, 9.17) is 9.73 Å². The summed E-state index contributed by atoms with van der Waals surface area (Å²) < 4.78 is 5.75. The minimum absolute atomic E-state index is 0.489. The van der Waals surface area contributed by atoms with Crippen LogP contribution in [0.1, 0.15) is 18.1 Å². The average Bonchev–Trinajstić information content (AvgIpc) is 2.80. The van der Waals surface area contributed by atoms with Gasteiger partial charge < -0.3 is 25.2 Å². The van der Waals surface area contributed by atoms with E-state index in [0.29, 0.717) is 19.7 Å². The number of para-hydroxylation sites is 1. The van der Waals surface area contributed by atoms with Crippen LogP contribution in [0.15, 0.2) is 60.2 Å². The Morgan fingerprint density at radius 1 is 1.19 bits per heavy atom. The number of hydrogen-bond donors (Lipinski definition) is 2. The number of hydrogen-bond acceptors (Lipinski definition) is 5. The number of aromatic nitrogens is 1. The summed E-state index contributed by atoms with van der Waals surface area (Å²) in [5, 5.41) is 6.73. The summed E-state index contributed by atoms with van der Waals surface area (Å²) >= 11 is 0. The smallest absolute Gasteiger partial charge is 0.191 e. The molecule has 0 spiro atoms. The van der Waals surface area contributed by atoms with Gasteiger partial charge in [-0.2, -0.15) is 0 Å². The van der Waals surface area contributed by atoms with Crippen LogP contribution < -0.4 is 20.3 Å². The molecule has 7 heteroatoms. The molecule has 1 saturated heterocycles. The Hall–Kier alpha value is -3.06. The number of anilines is 1. The van der Waals surface area contributed by atoms with Gasteiger partial charge in [0.2, 0.25) is 0 Å². The predicted octanol–water partition coefficient (Wildman–Crippen LogP) is 2.65. The summed E-state index contributed by atoms with van der Waals surface area (Å²) in [6.07, 6.45) is 3.63. The Morgan fingerprint density at radius 3 is 2.77 bits per heavy atom. The maximum atomic E-state index is 5.75. The lowest BCUT2D eigenvalue weighted by Crippen LogP contribution is -2.44. The fourth-order valence-electron chi connectivity index (χ4n) is 3.40. The SMILES string of the molecule is C=CCOc1ccccc1CNC(=NCc1ccnc(N2CCN(C)CC2)c1)NCC. The van der Waals surface area contributed by atoms with Gasteiger partial charge in [0.15, 0.2) is 5.96 Å². The van der Waals surface area contributed by atoms with Gasteiger partial charge in [0.25, 0.3) is 0 Å². The fraction of sp³-hybridized carbons (Fsp3) is 0.417. The molecule has 0 radical (unpaired) electrons. The van der Waals surface area contributed by atoms with E-state index >= 15 is 0 Å². The maximum Gasteiger partial charge on any atom is 0.191 e. The number of aliphatic imine (C=N–C) groups is 1. The third-order valence-corrected chi connectivity index (χ3v) is 5.18. The molecule has 1 aromatic heterocycles. The van der Waals surface area contributed by atoms with Gasteiger partial charge in [-0.3, -0.25) is 0 Å². The lowest BCUT2D eigenvalue weighted by Gasteiger charge is -2.33. The molecule has 0 atom stereocenters. The third kappa shape index (κ3) is 7.00. The highest BCUT2D eigenvalue weighted by molar-refractivity contribution is 5.79. The molecule has 1 aliphatic heterocycles. The molecule has 3 rings (SSSR count). The third-order valence-electron chi connectivity index (χ3n) is 5.18. The zero-order valence-electron chi connectivity index (χ0n) is 18.7. The number of rotatable bonds is 9. The normalized spacial score (nSPS) is 14.9. The van der Waals surface area contributed by atoms with E-state index in [9.17, 15) is 0 Å². The highest BCUT2D eigenvalue weighted by Gasteiger charge is 2.15. The number of likely N-dealkylation sites (N-methyl/N-ethyl adjacent to an activating group) is 1. The van der Waals surface area contributed by atoms with E-state index in [0.717, 1.165) is 61.4 Å². The Labute approximate surface area is 185 Å². The van der Waals surface area contributed by atoms with Gasteiger partial charge in [-0.05, 0) is 37.7 Å². The van der Waals surface area contributed by atoms with Crippen LogP contribution in [-0.2, 0) is 13.1 Å². The lowest BCUT2D eigenvalue weighted by atomic mass is 10.2. The molecule has 0 saturated carbocycles. The summed E-state index contributed by atoms with van der Waals surface area (Å²) in [5.41, 5.74) is 2.23. The monoisotopic (exact) mass is 422 g/mol. The molecule has 2 N–H and O–H groups in total. The Morgan fingerprint density at radius 2 is 2.00 bits per heavy atom. The van der Waals surface area contributed by atoms with E-state index in [1.807, 2.05) is 30.5 Å². The number of nitrogens with zero attached hydrogens (tertiary/aromatic N) is 4. The second kappa shape index (κ2) is 12.0. The maximum absolute atomic E-state index is 5.75. The predicted molar refractivity (Wildman–Crippen MR) is 128 cm³/mol. The number of pyridine rings is 1. The summed E-state index contributed by atoms with van der Waals surface area (Å²) in [6, 6.07) is 12.2. The Bertz CT molecular complexity index is 861.